The molecule has 0 spiro atoms. The van der Waals surface area contributed by atoms with Crippen LogP contribution < -0.4 is 11.1 Å². The Hall–Kier alpha value is -1.92. The van der Waals surface area contributed by atoms with Gasteiger partial charge in [-0.3, -0.25) is 9.59 Å². The number of benzene rings is 1. The van der Waals surface area contributed by atoms with Gasteiger partial charge in [-0.25, -0.2) is 0 Å². The van der Waals surface area contributed by atoms with E-state index in [4.69, 9.17) is 15.6 Å². The first-order valence-corrected chi connectivity index (χ1v) is 6.34. The summed E-state index contributed by atoms with van der Waals surface area (Å²) in [5.74, 6) is -1.29. The number of hydrogen-bond donors (Lipinski definition) is 3. The molecule has 20 heavy (non-hydrogen) atoms. The molecule has 6 nitrogen and oxygen atoms in total. The molecule has 6 heteroatoms. The average Bonchev–Trinajstić information content (AvgIpc) is 2.43. The van der Waals surface area contributed by atoms with Crippen LogP contribution in [0.1, 0.15) is 12.0 Å². The third-order valence-corrected chi connectivity index (χ3v) is 2.87. The number of amides is 1. The van der Waals surface area contributed by atoms with E-state index >= 15 is 0 Å². The summed E-state index contributed by atoms with van der Waals surface area (Å²) in [6, 6.07) is 8.79. The monoisotopic (exact) mass is 280 g/mol. The van der Waals surface area contributed by atoms with E-state index in [0.717, 1.165) is 5.56 Å². The molecule has 0 aliphatic heterocycles. The maximum atomic E-state index is 11.8. The SMILES string of the molecule is COC(CNC(=O)C(N)Cc1ccccc1)CC(=O)O. The van der Waals surface area contributed by atoms with E-state index in [9.17, 15) is 9.59 Å². The zero-order chi connectivity index (χ0) is 15.0. The molecule has 0 aromatic heterocycles. The largest absolute Gasteiger partial charge is 0.481 e. The van der Waals surface area contributed by atoms with Crippen molar-refractivity contribution in [3.05, 3.63) is 35.9 Å². The summed E-state index contributed by atoms with van der Waals surface area (Å²) < 4.78 is 4.97. The van der Waals surface area contributed by atoms with Crippen LogP contribution in [0.3, 0.4) is 0 Å². The van der Waals surface area contributed by atoms with E-state index < -0.39 is 18.1 Å². The maximum Gasteiger partial charge on any atom is 0.306 e. The standard InChI is InChI=1S/C14H20N2O4/c1-20-11(8-13(17)18)9-16-14(19)12(15)7-10-5-3-2-4-6-10/h2-6,11-12H,7-9,15H2,1H3,(H,16,19)(H,17,18). The number of carbonyl (C=O) groups is 2. The van der Waals surface area contributed by atoms with Gasteiger partial charge >= 0.3 is 5.97 Å². The van der Waals surface area contributed by atoms with Gasteiger partial charge in [-0.05, 0) is 12.0 Å². The summed E-state index contributed by atoms with van der Waals surface area (Å²) in [6.07, 6.45) is -0.283. The van der Waals surface area contributed by atoms with Gasteiger partial charge in [0.05, 0.1) is 18.6 Å². The molecule has 110 valence electrons. The Morgan fingerprint density at radius 1 is 1.35 bits per heavy atom. The van der Waals surface area contributed by atoms with Gasteiger partial charge < -0.3 is 20.9 Å². The summed E-state index contributed by atoms with van der Waals surface area (Å²) in [5.41, 5.74) is 6.78. The molecule has 0 aliphatic carbocycles. The first-order valence-electron chi connectivity index (χ1n) is 6.34. The number of rotatable bonds is 8. The highest BCUT2D eigenvalue weighted by atomic mass is 16.5. The van der Waals surface area contributed by atoms with Crippen molar-refractivity contribution in [3.63, 3.8) is 0 Å². The summed E-state index contributed by atoms with van der Waals surface area (Å²) >= 11 is 0. The minimum Gasteiger partial charge on any atom is -0.481 e. The summed E-state index contributed by atoms with van der Waals surface area (Å²) in [4.78, 5) is 22.4. The number of nitrogens with one attached hydrogen (secondary N) is 1. The second-order valence-electron chi connectivity index (χ2n) is 4.50. The number of hydrogen-bond acceptors (Lipinski definition) is 4. The van der Waals surface area contributed by atoms with E-state index in [0.29, 0.717) is 6.42 Å². The topological polar surface area (TPSA) is 102 Å². The molecule has 2 atom stereocenters. The van der Waals surface area contributed by atoms with Crippen molar-refractivity contribution in [1.29, 1.82) is 0 Å². The van der Waals surface area contributed by atoms with Gasteiger partial charge in [0.2, 0.25) is 5.91 Å². The number of ether oxygens (including phenoxy) is 1. The van der Waals surface area contributed by atoms with Crippen molar-refractivity contribution in [2.75, 3.05) is 13.7 Å². The van der Waals surface area contributed by atoms with Gasteiger partial charge in [-0.15, -0.1) is 0 Å². The van der Waals surface area contributed by atoms with E-state index in [1.807, 2.05) is 30.3 Å². The van der Waals surface area contributed by atoms with Gasteiger partial charge in [0.25, 0.3) is 0 Å². The van der Waals surface area contributed by atoms with E-state index in [1.54, 1.807) is 0 Å². The maximum absolute atomic E-state index is 11.8. The highest BCUT2D eigenvalue weighted by molar-refractivity contribution is 5.81. The number of carboxylic acid groups (broad SMARTS) is 1. The summed E-state index contributed by atoms with van der Waals surface area (Å²) in [5, 5.41) is 11.3. The fourth-order valence-corrected chi connectivity index (χ4v) is 1.74. The van der Waals surface area contributed by atoms with Crippen LogP contribution in [0.15, 0.2) is 30.3 Å². The fraction of sp³-hybridized carbons (Fsp3) is 0.429. The van der Waals surface area contributed by atoms with Crippen LogP contribution in [-0.4, -0.2) is 42.8 Å². The Labute approximate surface area is 117 Å². The van der Waals surface area contributed by atoms with Crippen LogP contribution >= 0.6 is 0 Å². The van der Waals surface area contributed by atoms with E-state index in [-0.39, 0.29) is 18.9 Å². The van der Waals surface area contributed by atoms with E-state index in [2.05, 4.69) is 5.32 Å². The minimum absolute atomic E-state index is 0.129. The summed E-state index contributed by atoms with van der Waals surface area (Å²) in [7, 11) is 1.41. The van der Waals surface area contributed by atoms with E-state index in [1.165, 1.54) is 7.11 Å². The zero-order valence-corrected chi connectivity index (χ0v) is 11.4. The highest BCUT2D eigenvalue weighted by Gasteiger charge is 2.17. The Morgan fingerprint density at radius 2 is 2.00 bits per heavy atom. The molecule has 4 N–H and O–H groups in total. The third kappa shape index (κ3) is 5.81. The lowest BCUT2D eigenvalue weighted by atomic mass is 10.1. The van der Waals surface area contributed by atoms with Gasteiger partial charge in [0.1, 0.15) is 0 Å². The second-order valence-corrected chi connectivity index (χ2v) is 4.50. The molecule has 0 saturated carbocycles. The van der Waals surface area contributed by atoms with Gasteiger partial charge in [0, 0.05) is 13.7 Å². The van der Waals surface area contributed by atoms with Crippen LogP contribution in [0.25, 0.3) is 0 Å². The van der Waals surface area contributed by atoms with Gasteiger partial charge in [0.15, 0.2) is 0 Å². The molecule has 0 aliphatic rings. The first-order chi connectivity index (χ1) is 9.52. The predicted octanol–water partition coefficient (Wildman–Crippen LogP) is 0.162. The predicted molar refractivity (Wildman–Crippen MR) is 74.2 cm³/mol. The van der Waals surface area contributed by atoms with Crippen LogP contribution in [0, 0.1) is 0 Å². The van der Waals surface area contributed by atoms with Crippen LogP contribution in [0.2, 0.25) is 0 Å². The van der Waals surface area contributed by atoms with Crippen molar-refractivity contribution in [3.8, 4) is 0 Å². The molecule has 1 aromatic rings. The lowest BCUT2D eigenvalue weighted by Crippen LogP contribution is -2.45. The first kappa shape index (κ1) is 16.1. The number of aliphatic carboxylic acids is 1. The molecule has 0 fully saturated rings. The molecule has 0 radical (unpaired) electrons. The van der Waals surface area contributed by atoms with Crippen molar-refractivity contribution in [2.24, 2.45) is 5.73 Å². The Balaban J connectivity index is 2.39. The zero-order valence-electron chi connectivity index (χ0n) is 11.4. The molecular formula is C14H20N2O4. The van der Waals surface area contributed by atoms with Crippen molar-refractivity contribution in [2.45, 2.75) is 25.0 Å². The van der Waals surface area contributed by atoms with Gasteiger partial charge in [-0.2, -0.15) is 0 Å². The molecular weight excluding hydrogens is 260 g/mol. The Kier molecular flexibility index (Phi) is 6.69. The molecule has 1 amide bonds. The highest BCUT2D eigenvalue weighted by Crippen LogP contribution is 2.02. The normalized spacial score (nSPS) is 13.5. The Morgan fingerprint density at radius 3 is 2.55 bits per heavy atom. The lowest BCUT2D eigenvalue weighted by Gasteiger charge is -2.16. The number of methoxy groups -OCH3 is 1. The minimum atomic E-state index is -0.973. The molecule has 0 bridgehead atoms. The molecule has 2 unspecified atom stereocenters. The number of nitrogens with two attached hydrogens (primary N) is 1. The number of carboxylic acids is 1. The molecule has 1 aromatic carbocycles. The second kappa shape index (κ2) is 8.29. The Bertz CT molecular complexity index is 436. The van der Waals surface area contributed by atoms with Crippen molar-refractivity contribution in [1.82, 2.24) is 5.32 Å². The summed E-state index contributed by atoms with van der Waals surface area (Å²) in [6.45, 7) is 0.129. The van der Waals surface area contributed by atoms with Gasteiger partial charge in [-0.1, -0.05) is 30.3 Å². The average molecular weight is 280 g/mol. The van der Waals surface area contributed by atoms with Crippen LogP contribution in [0.5, 0.6) is 0 Å². The van der Waals surface area contributed by atoms with Crippen LogP contribution in [0.4, 0.5) is 0 Å². The van der Waals surface area contributed by atoms with Crippen molar-refractivity contribution < 1.29 is 19.4 Å². The lowest BCUT2D eigenvalue weighted by molar-refractivity contribution is -0.140. The quantitative estimate of drug-likeness (QED) is 0.629. The molecule has 1 rings (SSSR count). The smallest absolute Gasteiger partial charge is 0.306 e. The van der Waals surface area contributed by atoms with Crippen molar-refractivity contribution >= 4 is 11.9 Å². The van der Waals surface area contributed by atoms with Crippen LogP contribution in [-0.2, 0) is 20.7 Å². The molecule has 0 heterocycles. The molecule has 0 saturated heterocycles. The third-order valence-electron chi connectivity index (χ3n) is 2.87. The number of carbonyl (C=O) groups excluding carboxylic acids is 1. The fourth-order valence-electron chi connectivity index (χ4n) is 1.74.